The van der Waals surface area contributed by atoms with E-state index >= 15 is 0 Å². The summed E-state index contributed by atoms with van der Waals surface area (Å²) in [5.74, 6) is 0. The van der Waals surface area contributed by atoms with E-state index in [1.165, 1.54) is 12.4 Å². The van der Waals surface area contributed by atoms with Crippen LogP contribution >= 0.6 is 7.60 Å². The van der Waals surface area contributed by atoms with E-state index in [2.05, 4.69) is 20.2 Å². The fraction of sp³-hybridized carbons (Fsp3) is 0. The first-order chi connectivity index (χ1) is 6.07. The molecule has 0 saturated heterocycles. The maximum atomic E-state index is 10.7. The summed E-state index contributed by atoms with van der Waals surface area (Å²) in [7, 11) is -4.36. The van der Waals surface area contributed by atoms with Crippen molar-refractivity contribution in [3.63, 3.8) is 0 Å². The number of aromatic amines is 1. The molecule has 0 aliphatic heterocycles. The smallest absolute Gasteiger partial charge is 0.319 e. The van der Waals surface area contributed by atoms with Crippen LogP contribution < -0.4 is 5.57 Å². The first-order valence-electron chi connectivity index (χ1n) is 3.29. The van der Waals surface area contributed by atoms with Crippen LogP contribution in [0.4, 0.5) is 0 Å². The molecule has 3 N–H and O–H groups in total. The molecule has 0 spiro atoms. The monoisotopic (exact) mass is 200 g/mol. The van der Waals surface area contributed by atoms with Gasteiger partial charge in [0.2, 0.25) is 5.57 Å². The molecule has 0 bridgehead atoms. The van der Waals surface area contributed by atoms with Gasteiger partial charge >= 0.3 is 7.60 Å². The second kappa shape index (κ2) is 2.59. The molecule has 0 aliphatic carbocycles. The fourth-order valence-corrected chi connectivity index (χ4v) is 1.32. The Morgan fingerprint density at radius 2 is 2.15 bits per heavy atom. The molecule has 2 rings (SSSR count). The summed E-state index contributed by atoms with van der Waals surface area (Å²) < 4.78 is 10.7. The van der Waals surface area contributed by atoms with Crippen molar-refractivity contribution in [2.75, 3.05) is 0 Å². The van der Waals surface area contributed by atoms with Crippen molar-refractivity contribution < 1.29 is 14.4 Å². The lowest BCUT2D eigenvalue weighted by Gasteiger charge is -1.99. The van der Waals surface area contributed by atoms with Crippen LogP contribution in [-0.4, -0.2) is 30.0 Å². The average molecular weight is 200 g/mol. The van der Waals surface area contributed by atoms with Crippen molar-refractivity contribution in [3.05, 3.63) is 12.4 Å². The van der Waals surface area contributed by atoms with E-state index in [1.54, 1.807) is 0 Å². The van der Waals surface area contributed by atoms with Crippen molar-refractivity contribution in [3.8, 4) is 0 Å². The Morgan fingerprint density at radius 3 is 2.85 bits per heavy atom. The summed E-state index contributed by atoms with van der Waals surface area (Å²) in [6.45, 7) is 0. The lowest BCUT2D eigenvalue weighted by Crippen LogP contribution is -2.12. The SMILES string of the molecule is O=P(O)(O)c1ncc2[nH]ncc2n1. The van der Waals surface area contributed by atoms with Gasteiger partial charge in [-0.25, -0.2) is 9.97 Å². The molecule has 0 aromatic carbocycles. The normalized spacial score (nSPS) is 12.2. The molecule has 0 saturated carbocycles. The average Bonchev–Trinajstić information content (AvgIpc) is 2.47. The Morgan fingerprint density at radius 1 is 1.38 bits per heavy atom. The summed E-state index contributed by atoms with van der Waals surface area (Å²) in [6, 6.07) is 0. The third-order valence-corrected chi connectivity index (χ3v) is 2.17. The van der Waals surface area contributed by atoms with E-state index in [-0.39, 0.29) is 0 Å². The standard InChI is InChI=1S/C5H5N4O3P/c10-13(11,12)5-6-1-4-3(8-5)2-7-9-4/h1-2H,(H,7,9)(H2,10,11,12). The van der Waals surface area contributed by atoms with Crippen LogP contribution in [0, 0.1) is 0 Å². The minimum absolute atomic E-state index is 0.383. The number of nitrogens with one attached hydrogen (secondary N) is 1. The van der Waals surface area contributed by atoms with Gasteiger partial charge in [0.05, 0.1) is 12.4 Å². The number of nitrogens with zero attached hydrogens (tertiary/aromatic N) is 3. The zero-order chi connectivity index (χ0) is 9.47. The quantitative estimate of drug-likeness (QED) is 0.517. The highest BCUT2D eigenvalue weighted by atomic mass is 31.2. The minimum Gasteiger partial charge on any atom is -0.319 e. The van der Waals surface area contributed by atoms with Gasteiger partial charge in [-0.2, -0.15) is 5.10 Å². The Balaban J connectivity index is 2.67. The van der Waals surface area contributed by atoms with E-state index in [0.29, 0.717) is 11.0 Å². The first-order valence-corrected chi connectivity index (χ1v) is 4.91. The molecule has 0 atom stereocenters. The van der Waals surface area contributed by atoms with Gasteiger partial charge in [-0.15, -0.1) is 0 Å². The van der Waals surface area contributed by atoms with Gasteiger partial charge in [-0.3, -0.25) is 9.66 Å². The molecule has 2 aromatic heterocycles. The molecular weight excluding hydrogens is 195 g/mol. The van der Waals surface area contributed by atoms with Crippen molar-refractivity contribution in [2.24, 2.45) is 0 Å². The van der Waals surface area contributed by atoms with Crippen LogP contribution in [0.15, 0.2) is 12.4 Å². The molecule has 2 aromatic rings. The Kier molecular flexibility index (Phi) is 1.66. The van der Waals surface area contributed by atoms with Crippen molar-refractivity contribution in [2.45, 2.75) is 0 Å². The lowest BCUT2D eigenvalue weighted by atomic mass is 10.5. The van der Waals surface area contributed by atoms with Crippen LogP contribution in [0.3, 0.4) is 0 Å². The molecule has 68 valence electrons. The third-order valence-electron chi connectivity index (χ3n) is 1.44. The second-order valence-corrected chi connectivity index (χ2v) is 3.87. The number of fused-ring (bicyclic) bond motifs is 1. The van der Waals surface area contributed by atoms with Gasteiger partial charge in [-0.05, 0) is 0 Å². The molecule has 0 unspecified atom stereocenters. The Hall–Kier alpha value is -1.30. The van der Waals surface area contributed by atoms with Crippen LogP contribution in [0.5, 0.6) is 0 Å². The highest BCUT2D eigenvalue weighted by Gasteiger charge is 2.21. The van der Waals surface area contributed by atoms with Crippen LogP contribution in [-0.2, 0) is 4.57 Å². The van der Waals surface area contributed by atoms with E-state index in [4.69, 9.17) is 9.79 Å². The number of rotatable bonds is 1. The van der Waals surface area contributed by atoms with Gasteiger partial charge in [-0.1, -0.05) is 0 Å². The van der Waals surface area contributed by atoms with Gasteiger partial charge in [0.25, 0.3) is 0 Å². The summed E-state index contributed by atoms with van der Waals surface area (Å²) in [4.78, 5) is 24.6. The Bertz CT molecular complexity index is 489. The molecule has 0 amide bonds. The molecule has 0 aliphatic rings. The number of hydrogen-bond acceptors (Lipinski definition) is 4. The highest BCUT2D eigenvalue weighted by Crippen LogP contribution is 2.30. The third kappa shape index (κ3) is 1.44. The van der Waals surface area contributed by atoms with Crippen molar-refractivity contribution in [1.29, 1.82) is 0 Å². The molecule has 13 heavy (non-hydrogen) atoms. The van der Waals surface area contributed by atoms with Gasteiger partial charge in [0, 0.05) is 0 Å². The summed E-state index contributed by atoms with van der Waals surface area (Å²) in [5.41, 5.74) is 0.437. The summed E-state index contributed by atoms with van der Waals surface area (Å²) in [6.07, 6.45) is 2.65. The fourth-order valence-electron chi connectivity index (χ4n) is 0.873. The predicted molar refractivity (Wildman–Crippen MR) is 43.4 cm³/mol. The number of H-pyrrole nitrogens is 1. The van der Waals surface area contributed by atoms with Gasteiger partial charge in [0.15, 0.2) is 0 Å². The number of hydrogen-bond donors (Lipinski definition) is 3. The summed E-state index contributed by atoms with van der Waals surface area (Å²) in [5, 5.41) is 6.21. The number of aromatic nitrogens is 4. The van der Waals surface area contributed by atoms with Crippen molar-refractivity contribution in [1.82, 2.24) is 20.2 Å². The molecule has 8 heteroatoms. The van der Waals surface area contributed by atoms with E-state index in [0.717, 1.165) is 0 Å². The molecule has 7 nitrogen and oxygen atoms in total. The largest absolute Gasteiger partial charge is 0.393 e. The molecule has 2 heterocycles. The van der Waals surface area contributed by atoms with E-state index < -0.39 is 13.2 Å². The van der Waals surface area contributed by atoms with Crippen molar-refractivity contribution >= 4 is 24.2 Å². The highest BCUT2D eigenvalue weighted by molar-refractivity contribution is 7.59. The van der Waals surface area contributed by atoms with Gasteiger partial charge < -0.3 is 9.79 Å². The maximum absolute atomic E-state index is 10.7. The van der Waals surface area contributed by atoms with Crippen LogP contribution in [0.2, 0.25) is 0 Å². The van der Waals surface area contributed by atoms with E-state index in [1.807, 2.05) is 0 Å². The molecular formula is C5H5N4O3P. The van der Waals surface area contributed by atoms with Crippen LogP contribution in [0.25, 0.3) is 11.0 Å². The second-order valence-electron chi connectivity index (χ2n) is 2.38. The van der Waals surface area contributed by atoms with E-state index in [9.17, 15) is 4.57 Å². The summed E-state index contributed by atoms with van der Waals surface area (Å²) >= 11 is 0. The van der Waals surface area contributed by atoms with Crippen LogP contribution in [0.1, 0.15) is 0 Å². The zero-order valence-electron chi connectivity index (χ0n) is 6.25. The molecule has 0 radical (unpaired) electrons. The maximum Gasteiger partial charge on any atom is 0.393 e. The zero-order valence-corrected chi connectivity index (χ0v) is 7.14. The lowest BCUT2D eigenvalue weighted by molar-refractivity contribution is 0.385. The minimum atomic E-state index is -4.36. The first kappa shape index (κ1) is 8.31. The topological polar surface area (TPSA) is 112 Å². The Labute approximate surface area is 72.0 Å². The predicted octanol–water partition coefficient (Wildman–Crippen LogP) is -0.844. The molecule has 0 fully saturated rings. The van der Waals surface area contributed by atoms with Gasteiger partial charge in [0.1, 0.15) is 11.0 Å².